The molecule has 1 aromatic heterocycles. The number of carbonyl (C=O) groups excluding carboxylic acids is 1. The van der Waals surface area contributed by atoms with E-state index in [0.717, 1.165) is 32.5 Å². The number of rotatable bonds is 3. The quantitative estimate of drug-likeness (QED) is 0.904. The van der Waals surface area contributed by atoms with Gasteiger partial charge in [-0.3, -0.25) is 4.79 Å². The molecule has 3 rings (SSSR count). The van der Waals surface area contributed by atoms with Gasteiger partial charge in [-0.15, -0.1) is 5.10 Å². The molecule has 21 heavy (non-hydrogen) atoms. The van der Waals surface area contributed by atoms with Crippen LogP contribution in [0.3, 0.4) is 0 Å². The number of nitrogens with zero attached hydrogens (tertiary/aromatic N) is 4. The molecule has 0 radical (unpaired) electrons. The topological polar surface area (TPSA) is 63.1 Å². The van der Waals surface area contributed by atoms with E-state index in [-0.39, 0.29) is 5.91 Å². The highest BCUT2D eigenvalue weighted by Crippen LogP contribution is 2.28. The van der Waals surface area contributed by atoms with Crippen LogP contribution in [-0.2, 0) is 11.3 Å². The number of carbonyl (C=O) groups is 1. The lowest BCUT2D eigenvalue weighted by molar-refractivity contribution is -0.135. The molecule has 3 heterocycles. The number of nitrogens with one attached hydrogen (secondary N) is 1. The van der Waals surface area contributed by atoms with Gasteiger partial charge >= 0.3 is 0 Å². The van der Waals surface area contributed by atoms with Gasteiger partial charge in [0.2, 0.25) is 5.91 Å². The summed E-state index contributed by atoms with van der Waals surface area (Å²) >= 11 is 0. The first kappa shape index (κ1) is 14.5. The van der Waals surface area contributed by atoms with Crippen LogP contribution in [0.1, 0.15) is 38.5 Å². The number of amides is 1. The monoisotopic (exact) mass is 291 g/mol. The summed E-state index contributed by atoms with van der Waals surface area (Å²) in [7, 11) is 0. The van der Waals surface area contributed by atoms with Crippen molar-refractivity contribution >= 4 is 5.91 Å². The summed E-state index contributed by atoms with van der Waals surface area (Å²) in [5, 5.41) is 11.1. The van der Waals surface area contributed by atoms with E-state index in [2.05, 4.69) is 20.5 Å². The molecule has 6 heteroatoms. The standard InChI is InChI=1S/C15H25N5O/c21-15(12-19-11-9-17-18-19)20-10-3-1-2-4-14(20)13-5-7-16-8-6-13/h9,11,13-14,16H,1-8,10,12H2. The van der Waals surface area contributed by atoms with Crippen LogP contribution in [0.25, 0.3) is 0 Å². The molecule has 0 saturated carbocycles. The van der Waals surface area contributed by atoms with Crippen molar-refractivity contribution in [1.82, 2.24) is 25.2 Å². The molecule has 0 aromatic carbocycles. The Labute approximate surface area is 125 Å². The van der Waals surface area contributed by atoms with Crippen LogP contribution in [0, 0.1) is 5.92 Å². The number of piperidine rings is 1. The maximum atomic E-state index is 12.7. The van der Waals surface area contributed by atoms with Crippen molar-refractivity contribution in [2.24, 2.45) is 5.92 Å². The SMILES string of the molecule is O=C(Cn1ccnn1)N1CCCCCC1C1CCNCC1. The lowest BCUT2D eigenvalue weighted by Gasteiger charge is -2.38. The minimum atomic E-state index is 0.200. The highest BCUT2D eigenvalue weighted by atomic mass is 16.2. The third-order valence-corrected chi connectivity index (χ3v) is 4.82. The van der Waals surface area contributed by atoms with Crippen molar-refractivity contribution < 1.29 is 4.79 Å². The predicted molar refractivity (Wildman–Crippen MR) is 79.6 cm³/mol. The predicted octanol–water partition coefficient (Wildman–Crippen LogP) is 1.05. The van der Waals surface area contributed by atoms with Gasteiger partial charge in [0.05, 0.1) is 6.20 Å². The first-order chi connectivity index (χ1) is 10.3. The summed E-state index contributed by atoms with van der Waals surface area (Å²) in [4.78, 5) is 14.8. The average molecular weight is 291 g/mol. The van der Waals surface area contributed by atoms with E-state index in [4.69, 9.17) is 0 Å². The van der Waals surface area contributed by atoms with Crippen molar-refractivity contribution in [3.8, 4) is 0 Å². The fourth-order valence-corrected chi connectivity index (χ4v) is 3.71. The van der Waals surface area contributed by atoms with Gasteiger partial charge < -0.3 is 10.2 Å². The molecule has 0 aliphatic carbocycles. The van der Waals surface area contributed by atoms with Gasteiger partial charge in [0.15, 0.2) is 0 Å². The highest BCUT2D eigenvalue weighted by molar-refractivity contribution is 5.76. The molecule has 1 unspecified atom stereocenters. The van der Waals surface area contributed by atoms with Gasteiger partial charge in [0.25, 0.3) is 0 Å². The molecular formula is C15H25N5O. The van der Waals surface area contributed by atoms with Crippen LogP contribution in [0.5, 0.6) is 0 Å². The smallest absolute Gasteiger partial charge is 0.244 e. The van der Waals surface area contributed by atoms with E-state index in [9.17, 15) is 4.79 Å². The summed E-state index contributed by atoms with van der Waals surface area (Å²) < 4.78 is 1.63. The van der Waals surface area contributed by atoms with E-state index in [0.29, 0.717) is 18.5 Å². The Balaban J connectivity index is 1.69. The molecular weight excluding hydrogens is 266 g/mol. The third-order valence-electron chi connectivity index (χ3n) is 4.82. The Morgan fingerprint density at radius 1 is 1.19 bits per heavy atom. The van der Waals surface area contributed by atoms with Crippen LogP contribution in [0.15, 0.2) is 12.4 Å². The van der Waals surface area contributed by atoms with E-state index in [1.165, 1.54) is 25.7 Å². The van der Waals surface area contributed by atoms with Crippen molar-refractivity contribution in [2.45, 2.75) is 51.1 Å². The lowest BCUT2D eigenvalue weighted by Crippen LogP contribution is -2.48. The maximum Gasteiger partial charge on any atom is 0.244 e. The van der Waals surface area contributed by atoms with Gasteiger partial charge in [-0.25, -0.2) is 4.68 Å². The summed E-state index contributed by atoms with van der Waals surface area (Å²) in [6.07, 6.45) is 10.6. The van der Waals surface area contributed by atoms with Crippen LogP contribution in [0.2, 0.25) is 0 Å². The minimum Gasteiger partial charge on any atom is -0.338 e. The first-order valence-electron chi connectivity index (χ1n) is 8.19. The molecule has 116 valence electrons. The van der Waals surface area contributed by atoms with Gasteiger partial charge in [0.1, 0.15) is 6.54 Å². The van der Waals surface area contributed by atoms with E-state index in [1.54, 1.807) is 17.1 Å². The van der Waals surface area contributed by atoms with Crippen molar-refractivity contribution in [2.75, 3.05) is 19.6 Å². The Kier molecular flexibility index (Phi) is 4.85. The summed E-state index contributed by atoms with van der Waals surface area (Å²) in [5.41, 5.74) is 0. The van der Waals surface area contributed by atoms with Gasteiger partial charge in [0, 0.05) is 18.8 Å². The second kappa shape index (κ2) is 7.02. The molecule has 2 aliphatic rings. The average Bonchev–Trinajstić information content (AvgIpc) is 2.89. The minimum absolute atomic E-state index is 0.200. The molecule has 0 spiro atoms. The van der Waals surface area contributed by atoms with E-state index < -0.39 is 0 Å². The third kappa shape index (κ3) is 3.61. The zero-order valence-electron chi connectivity index (χ0n) is 12.6. The first-order valence-corrected chi connectivity index (χ1v) is 8.19. The van der Waals surface area contributed by atoms with Gasteiger partial charge in [-0.2, -0.15) is 0 Å². The molecule has 2 fully saturated rings. The summed E-state index contributed by atoms with van der Waals surface area (Å²) in [6.45, 7) is 3.40. The molecule has 6 nitrogen and oxygen atoms in total. The summed E-state index contributed by atoms with van der Waals surface area (Å²) in [5.74, 6) is 0.856. The van der Waals surface area contributed by atoms with Gasteiger partial charge in [-0.05, 0) is 44.7 Å². The Morgan fingerprint density at radius 3 is 2.81 bits per heavy atom. The number of hydrogen-bond acceptors (Lipinski definition) is 4. The van der Waals surface area contributed by atoms with Crippen molar-refractivity contribution in [3.63, 3.8) is 0 Å². The second-order valence-electron chi connectivity index (χ2n) is 6.19. The van der Waals surface area contributed by atoms with E-state index >= 15 is 0 Å². The van der Waals surface area contributed by atoms with E-state index in [1.807, 2.05) is 0 Å². The number of likely N-dealkylation sites (tertiary alicyclic amines) is 1. The van der Waals surface area contributed by atoms with Crippen LogP contribution in [0.4, 0.5) is 0 Å². The molecule has 2 saturated heterocycles. The molecule has 1 aromatic rings. The van der Waals surface area contributed by atoms with Crippen LogP contribution in [-0.4, -0.2) is 51.5 Å². The lowest BCUT2D eigenvalue weighted by atomic mass is 9.87. The van der Waals surface area contributed by atoms with Crippen LogP contribution < -0.4 is 5.32 Å². The normalized spacial score (nSPS) is 24.8. The van der Waals surface area contributed by atoms with Crippen molar-refractivity contribution in [3.05, 3.63) is 12.4 Å². The Morgan fingerprint density at radius 2 is 2.05 bits per heavy atom. The van der Waals surface area contributed by atoms with Crippen LogP contribution >= 0.6 is 0 Å². The molecule has 1 atom stereocenters. The largest absolute Gasteiger partial charge is 0.338 e. The number of hydrogen-bond donors (Lipinski definition) is 1. The second-order valence-corrected chi connectivity index (χ2v) is 6.19. The van der Waals surface area contributed by atoms with Gasteiger partial charge in [-0.1, -0.05) is 18.1 Å². The molecule has 2 aliphatic heterocycles. The van der Waals surface area contributed by atoms with Crippen molar-refractivity contribution in [1.29, 1.82) is 0 Å². The Bertz CT molecular complexity index is 441. The number of aromatic nitrogens is 3. The Hall–Kier alpha value is -1.43. The summed E-state index contributed by atoms with van der Waals surface area (Å²) in [6, 6.07) is 0.422. The fourth-order valence-electron chi connectivity index (χ4n) is 3.71. The maximum absolute atomic E-state index is 12.7. The zero-order valence-corrected chi connectivity index (χ0v) is 12.6. The molecule has 1 amide bonds. The zero-order chi connectivity index (χ0) is 14.5. The fraction of sp³-hybridized carbons (Fsp3) is 0.800. The highest BCUT2D eigenvalue weighted by Gasteiger charge is 2.32. The molecule has 1 N–H and O–H groups in total. The molecule has 0 bridgehead atoms.